The second-order valence-corrected chi connectivity index (χ2v) is 4.07. The van der Waals surface area contributed by atoms with Gasteiger partial charge >= 0.3 is 0 Å². The number of rotatable bonds is 8. The highest BCUT2D eigenvalue weighted by Gasteiger charge is 1.98. The third kappa shape index (κ3) is 5.75. The van der Waals surface area contributed by atoms with Gasteiger partial charge in [-0.05, 0) is 44.2 Å². The van der Waals surface area contributed by atoms with Gasteiger partial charge in [-0.15, -0.1) is 0 Å². The van der Waals surface area contributed by atoms with E-state index in [0.29, 0.717) is 6.54 Å². The fourth-order valence-corrected chi connectivity index (χ4v) is 1.75. The van der Waals surface area contributed by atoms with E-state index in [0.717, 1.165) is 38.2 Å². The highest BCUT2D eigenvalue weighted by atomic mass is 19.1. The molecule has 0 aliphatic rings. The second kappa shape index (κ2) is 8.14. The topological polar surface area (TPSA) is 28.2 Å². The summed E-state index contributed by atoms with van der Waals surface area (Å²) in [6.07, 6.45) is 4.04. The summed E-state index contributed by atoms with van der Waals surface area (Å²) in [6.45, 7) is 9.30. The van der Waals surface area contributed by atoms with Crippen molar-refractivity contribution in [3.05, 3.63) is 29.8 Å². The molecule has 1 aromatic heterocycles. The minimum atomic E-state index is -0.271. The SMILES string of the molecule is CCN(CC)CCCNCc1cncc(F)c1. The van der Waals surface area contributed by atoms with E-state index in [-0.39, 0.29) is 5.82 Å². The highest BCUT2D eigenvalue weighted by molar-refractivity contribution is 5.09. The molecule has 0 aliphatic heterocycles. The Balaban J connectivity index is 2.12. The van der Waals surface area contributed by atoms with Gasteiger partial charge in [-0.2, -0.15) is 0 Å². The second-order valence-electron chi connectivity index (χ2n) is 4.07. The minimum Gasteiger partial charge on any atom is -0.313 e. The number of nitrogens with one attached hydrogen (secondary N) is 1. The smallest absolute Gasteiger partial charge is 0.141 e. The quantitative estimate of drug-likeness (QED) is 0.704. The molecule has 0 spiro atoms. The summed E-state index contributed by atoms with van der Waals surface area (Å²) in [5.41, 5.74) is 0.896. The van der Waals surface area contributed by atoms with Crippen molar-refractivity contribution < 1.29 is 4.39 Å². The maximum atomic E-state index is 12.8. The number of aromatic nitrogens is 1. The van der Waals surface area contributed by atoms with Crippen LogP contribution in [-0.4, -0.2) is 36.1 Å². The van der Waals surface area contributed by atoms with Crippen molar-refractivity contribution in [1.82, 2.24) is 15.2 Å². The van der Waals surface area contributed by atoms with Gasteiger partial charge in [0.05, 0.1) is 6.20 Å². The first kappa shape index (κ1) is 14.1. The lowest BCUT2D eigenvalue weighted by Gasteiger charge is -2.17. The zero-order valence-corrected chi connectivity index (χ0v) is 10.7. The Morgan fingerprint density at radius 2 is 2.06 bits per heavy atom. The molecule has 0 radical (unpaired) electrons. The molecule has 0 fully saturated rings. The van der Waals surface area contributed by atoms with Gasteiger partial charge in [0, 0.05) is 12.7 Å². The molecule has 0 atom stereocenters. The molecule has 3 nitrogen and oxygen atoms in total. The van der Waals surface area contributed by atoms with Gasteiger partial charge in [-0.1, -0.05) is 13.8 Å². The number of nitrogens with zero attached hydrogens (tertiary/aromatic N) is 2. The van der Waals surface area contributed by atoms with Crippen LogP contribution in [0.4, 0.5) is 4.39 Å². The van der Waals surface area contributed by atoms with Crippen LogP contribution in [0, 0.1) is 5.82 Å². The van der Waals surface area contributed by atoms with Crippen molar-refractivity contribution in [2.75, 3.05) is 26.2 Å². The molecular weight excluding hydrogens is 217 g/mol. The molecule has 0 aliphatic carbocycles. The highest BCUT2D eigenvalue weighted by Crippen LogP contribution is 2.00. The molecule has 4 heteroatoms. The van der Waals surface area contributed by atoms with Gasteiger partial charge in [-0.25, -0.2) is 4.39 Å². The molecule has 0 amide bonds. The van der Waals surface area contributed by atoms with E-state index in [2.05, 4.69) is 29.0 Å². The number of pyridine rings is 1. The fourth-order valence-electron chi connectivity index (χ4n) is 1.75. The zero-order valence-electron chi connectivity index (χ0n) is 10.7. The van der Waals surface area contributed by atoms with Crippen LogP contribution in [0.5, 0.6) is 0 Å². The van der Waals surface area contributed by atoms with Gasteiger partial charge in [0.15, 0.2) is 0 Å². The van der Waals surface area contributed by atoms with E-state index in [1.807, 2.05) is 0 Å². The van der Waals surface area contributed by atoms with Crippen LogP contribution in [0.3, 0.4) is 0 Å². The summed E-state index contributed by atoms with van der Waals surface area (Å²) in [5.74, 6) is -0.271. The van der Waals surface area contributed by atoms with Crippen molar-refractivity contribution in [2.24, 2.45) is 0 Å². The Morgan fingerprint density at radius 3 is 2.71 bits per heavy atom. The largest absolute Gasteiger partial charge is 0.313 e. The average Bonchev–Trinajstić information content (AvgIpc) is 2.34. The predicted octanol–water partition coefficient (Wildman–Crippen LogP) is 2.04. The van der Waals surface area contributed by atoms with Crippen molar-refractivity contribution >= 4 is 0 Å². The molecule has 0 saturated carbocycles. The number of halogens is 1. The molecule has 0 saturated heterocycles. The third-order valence-electron chi connectivity index (χ3n) is 2.81. The van der Waals surface area contributed by atoms with Gasteiger partial charge < -0.3 is 10.2 Å². The first-order valence-corrected chi connectivity index (χ1v) is 6.28. The Morgan fingerprint density at radius 1 is 1.29 bits per heavy atom. The van der Waals surface area contributed by atoms with Gasteiger partial charge in [-0.3, -0.25) is 4.98 Å². The monoisotopic (exact) mass is 239 g/mol. The Bertz CT molecular complexity index is 313. The first-order valence-electron chi connectivity index (χ1n) is 6.28. The van der Waals surface area contributed by atoms with E-state index in [1.165, 1.54) is 12.3 Å². The molecule has 0 aromatic carbocycles. The van der Waals surface area contributed by atoms with Crippen molar-refractivity contribution in [1.29, 1.82) is 0 Å². The molecule has 96 valence electrons. The van der Waals surface area contributed by atoms with E-state index < -0.39 is 0 Å². The Hall–Kier alpha value is -1.00. The van der Waals surface area contributed by atoms with Crippen LogP contribution in [0.2, 0.25) is 0 Å². The lowest BCUT2D eigenvalue weighted by atomic mass is 10.3. The molecule has 1 rings (SSSR count). The molecular formula is C13H22FN3. The Labute approximate surface area is 103 Å². The van der Waals surface area contributed by atoms with Crippen LogP contribution >= 0.6 is 0 Å². The van der Waals surface area contributed by atoms with Gasteiger partial charge in [0.1, 0.15) is 5.82 Å². The maximum Gasteiger partial charge on any atom is 0.141 e. The summed E-state index contributed by atoms with van der Waals surface area (Å²) in [4.78, 5) is 6.21. The van der Waals surface area contributed by atoms with E-state index >= 15 is 0 Å². The lowest BCUT2D eigenvalue weighted by molar-refractivity contribution is 0.298. The minimum absolute atomic E-state index is 0.271. The Kier molecular flexibility index (Phi) is 6.74. The van der Waals surface area contributed by atoms with Crippen molar-refractivity contribution in [3.63, 3.8) is 0 Å². The summed E-state index contributed by atoms with van der Waals surface area (Å²) in [6, 6.07) is 1.52. The van der Waals surface area contributed by atoms with E-state index in [4.69, 9.17) is 0 Å². The molecule has 1 heterocycles. The summed E-state index contributed by atoms with van der Waals surface area (Å²) >= 11 is 0. The summed E-state index contributed by atoms with van der Waals surface area (Å²) in [5, 5.41) is 3.30. The van der Waals surface area contributed by atoms with E-state index in [9.17, 15) is 4.39 Å². The fraction of sp³-hybridized carbons (Fsp3) is 0.615. The van der Waals surface area contributed by atoms with Crippen LogP contribution in [0.1, 0.15) is 25.8 Å². The van der Waals surface area contributed by atoms with Gasteiger partial charge in [0.2, 0.25) is 0 Å². The molecule has 1 N–H and O–H groups in total. The van der Waals surface area contributed by atoms with Gasteiger partial charge in [0.25, 0.3) is 0 Å². The maximum absolute atomic E-state index is 12.8. The predicted molar refractivity (Wildman–Crippen MR) is 68.3 cm³/mol. The summed E-state index contributed by atoms with van der Waals surface area (Å²) < 4.78 is 12.8. The average molecular weight is 239 g/mol. The molecule has 1 aromatic rings. The molecule has 17 heavy (non-hydrogen) atoms. The number of hydrogen-bond donors (Lipinski definition) is 1. The normalized spacial score (nSPS) is 11.1. The standard InChI is InChI=1S/C13H22FN3/c1-3-17(4-2)7-5-6-15-9-12-8-13(14)11-16-10-12/h8,10-11,15H,3-7,9H2,1-2H3. The third-order valence-corrected chi connectivity index (χ3v) is 2.81. The van der Waals surface area contributed by atoms with E-state index in [1.54, 1.807) is 6.20 Å². The van der Waals surface area contributed by atoms with Crippen LogP contribution in [0.25, 0.3) is 0 Å². The molecule has 0 bridgehead atoms. The lowest BCUT2D eigenvalue weighted by Crippen LogP contribution is -2.27. The van der Waals surface area contributed by atoms with Crippen LogP contribution < -0.4 is 5.32 Å². The van der Waals surface area contributed by atoms with Crippen LogP contribution in [0.15, 0.2) is 18.5 Å². The number of hydrogen-bond acceptors (Lipinski definition) is 3. The van der Waals surface area contributed by atoms with Crippen molar-refractivity contribution in [2.45, 2.75) is 26.8 Å². The summed E-state index contributed by atoms with van der Waals surface area (Å²) in [7, 11) is 0. The van der Waals surface area contributed by atoms with Crippen molar-refractivity contribution in [3.8, 4) is 0 Å². The van der Waals surface area contributed by atoms with Crippen LogP contribution in [-0.2, 0) is 6.54 Å². The first-order chi connectivity index (χ1) is 8.26. The molecule has 0 unspecified atom stereocenters. The zero-order chi connectivity index (χ0) is 12.5.